The molecular weight excluding hydrogens is 286 g/mol. The summed E-state index contributed by atoms with van der Waals surface area (Å²) in [7, 11) is 1.76. The van der Waals surface area contributed by atoms with E-state index in [0.717, 1.165) is 38.2 Å². The molecule has 0 unspecified atom stereocenters. The van der Waals surface area contributed by atoms with Crippen molar-refractivity contribution >= 4 is 17.2 Å². The molecule has 0 bridgehead atoms. The maximum absolute atomic E-state index is 12.1. The summed E-state index contributed by atoms with van der Waals surface area (Å²) < 4.78 is 1.58. The van der Waals surface area contributed by atoms with Gasteiger partial charge in [0.2, 0.25) is 0 Å². The minimum atomic E-state index is -0.0300. The highest BCUT2D eigenvalue weighted by Gasteiger charge is 2.22. The standard InChI is InChI=1S/C14H19N5OS/c1-18-6-4-15-13(14(18)20)19-5-2-3-11(8-19)16-7-12-9-21-10-17-12/h4,6,9-11,16H,2-3,5,7-8H2,1H3/t11-/m0/s1. The average molecular weight is 305 g/mol. The van der Waals surface area contributed by atoms with Gasteiger partial charge in [-0.15, -0.1) is 11.3 Å². The normalized spacial score (nSPS) is 18.9. The van der Waals surface area contributed by atoms with E-state index >= 15 is 0 Å². The fourth-order valence-electron chi connectivity index (χ4n) is 2.61. The Bertz CT molecular complexity index is 639. The van der Waals surface area contributed by atoms with E-state index in [9.17, 15) is 4.79 Å². The Morgan fingerprint density at radius 1 is 1.48 bits per heavy atom. The molecule has 7 heteroatoms. The Kier molecular flexibility index (Phi) is 4.31. The van der Waals surface area contributed by atoms with Crippen molar-refractivity contribution in [2.24, 2.45) is 7.05 Å². The van der Waals surface area contributed by atoms with Crippen molar-refractivity contribution in [2.75, 3.05) is 18.0 Å². The number of rotatable bonds is 4. The van der Waals surface area contributed by atoms with Crippen molar-refractivity contribution in [3.63, 3.8) is 0 Å². The lowest BCUT2D eigenvalue weighted by atomic mass is 10.1. The van der Waals surface area contributed by atoms with E-state index in [1.807, 2.05) is 5.51 Å². The van der Waals surface area contributed by atoms with Crippen LogP contribution in [-0.4, -0.2) is 33.7 Å². The molecule has 6 nitrogen and oxygen atoms in total. The molecule has 1 aliphatic rings. The van der Waals surface area contributed by atoms with E-state index < -0.39 is 0 Å². The first kappa shape index (κ1) is 14.2. The molecule has 0 aromatic carbocycles. The van der Waals surface area contributed by atoms with Gasteiger partial charge in [-0.05, 0) is 12.8 Å². The first-order chi connectivity index (χ1) is 10.2. The highest BCUT2D eigenvalue weighted by molar-refractivity contribution is 7.07. The van der Waals surface area contributed by atoms with Crippen LogP contribution in [0.25, 0.3) is 0 Å². The Hall–Kier alpha value is -1.73. The zero-order valence-electron chi connectivity index (χ0n) is 12.0. The van der Waals surface area contributed by atoms with Crippen LogP contribution in [-0.2, 0) is 13.6 Å². The summed E-state index contributed by atoms with van der Waals surface area (Å²) in [6.07, 6.45) is 5.55. The molecule has 2 aromatic rings. The topological polar surface area (TPSA) is 63.1 Å². The largest absolute Gasteiger partial charge is 0.350 e. The van der Waals surface area contributed by atoms with E-state index in [1.165, 1.54) is 0 Å². The van der Waals surface area contributed by atoms with Crippen LogP contribution >= 0.6 is 11.3 Å². The molecule has 1 atom stereocenters. The Morgan fingerprint density at radius 3 is 3.19 bits per heavy atom. The van der Waals surface area contributed by atoms with Crippen molar-refractivity contribution in [1.29, 1.82) is 0 Å². The number of thiazole rings is 1. The smallest absolute Gasteiger partial charge is 0.293 e. The zero-order chi connectivity index (χ0) is 14.7. The van der Waals surface area contributed by atoms with Gasteiger partial charge in [-0.2, -0.15) is 0 Å². The molecule has 0 saturated carbocycles. The number of aromatic nitrogens is 3. The summed E-state index contributed by atoms with van der Waals surface area (Å²) in [6, 6.07) is 0.368. The first-order valence-corrected chi connectivity index (χ1v) is 8.05. The number of nitrogens with zero attached hydrogens (tertiary/aromatic N) is 4. The van der Waals surface area contributed by atoms with Gasteiger partial charge >= 0.3 is 0 Å². The van der Waals surface area contributed by atoms with Crippen LogP contribution in [0.2, 0.25) is 0 Å². The number of hydrogen-bond donors (Lipinski definition) is 1. The molecule has 0 spiro atoms. The molecule has 0 aliphatic carbocycles. The van der Waals surface area contributed by atoms with Crippen molar-refractivity contribution in [1.82, 2.24) is 19.9 Å². The van der Waals surface area contributed by atoms with E-state index in [2.05, 4.69) is 25.6 Å². The molecule has 112 valence electrons. The lowest BCUT2D eigenvalue weighted by Gasteiger charge is -2.33. The van der Waals surface area contributed by atoms with Gasteiger partial charge in [0.15, 0.2) is 5.82 Å². The summed E-state index contributed by atoms with van der Waals surface area (Å²) >= 11 is 1.61. The Morgan fingerprint density at radius 2 is 2.38 bits per heavy atom. The fourth-order valence-corrected chi connectivity index (χ4v) is 3.17. The highest BCUT2D eigenvalue weighted by atomic mass is 32.1. The first-order valence-electron chi connectivity index (χ1n) is 7.11. The van der Waals surface area contributed by atoms with E-state index in [1.54, 1.807) is 35.3 Å². The predicted octanol–water partition coefficient (Wildman–Crippen LogP) is 0.995. The SMILES string of the molecule is Cn1ccnc(N2CCC[C@H](NCc3cscn3)C2)c1=O. The van der Waals surface area contributed by atoms with Gasteiger partial charge in [-0.3, -0.25) is 4.79 Å². The highest BCUT2D eigenvalue weighted by Crippen LogP contribution is 2.15. The average Bonchev–Trinajstić information content (AvgIpc) is 3.02. The van der Waals surface area contributed by atoms with E-state index in [0.29, 0.717) is 11.9 Å². The van der Waals surface area contributed by atoms with Gasteiger partial charge in [0.05, 0.1) is 11.2 Å². The molecule has 3 heterocycles. The van der Waals surface area contributed by atoms with Gasteiger partial charge in [-0.1, -0.05) is 0 Å². The molecule has 1 fully saturated rings. The van der Waals surface area contributed by atoms with Crippen molar-refractivity contribution < 1.29 is 0 Å². The van der Waals surface area contributed by atoms with Crippen LogP contribution in [0, 0.1) is 0 Å². The number of hydrogen-bond acceptors (Lipinski definition) is 6. The van der Waals surface area contributed by atoms with E-state index in [-0.39, 0.29) is 5.56 Å². The maximum atomic E-state index is 12.1. The molecule has 2 aromatic heterocycles. The summed E-state index contributed by atoms with van der Waals surface area (Å²) in [5.74, 6) is 0.556. The molecular formula is C14H19N5OS. The van der Waals surface area contributed by atoms with Crippen molar-refractivity contribution in [3.8, 4) is 0 Å². The Balaban J connectivity index is 1.65. The van der Waals surface area contributed by atoms with Gasteiger partial charge in [-0.25, -0.2) is 9.97 Å². The van der Waals surface area contributed by atoms with Crippen LogP contribution in [0.1, 0.15) is 18.5 Å². The molecule has 1 saturated heterocycles. The van der Waals surface area contributed by atoms with Gasteiger partial charge < -0.3 is 14.8 Å². The third kappa shape index (κ3) is 3.30. The summed E-state index contributed by atoms with van der Waals surface area (Å²) in [5, 5.41) is 5.58. The van der Waals surface area contributed by atoms with Gasteiger partial charge in [0.1, 0.15) is 0 Å². The van der Waals surface area contributed by atoms with Crippen LogP contribution < -0.4 is 15.8 Å². The van der Waals surface area contributed by atoms with Crippen molar-refractivity contribution in [2.45, 2.75) is 25.4 Å². The Labute approximate surface area is 127 Å². The van der Waals surface area contributed by atoms with Crippen molar-refractivity contribution in [3.05, 3.63) is 39.3 Å². The second kappa shape index (κ2) is 6.36. The number of nitrogens with one attached hydrogen (secondary N) is 1. The second-order valence-corrected chi connectivity index (χ2v) is 6.03. The summed E-state index contributed by atoms with van der Waals surface area (Å²) in [4.78, 5) is 22.8. The minimum Gasteiger partial charge on any atom is -0.350 e. The molecule has 3 rings (SSSR count). The molecule has 0 radical (unpaired) electrons. The molecule has 1 N–H and O–H groups in total. The lowest BCUT2D eigenvalue weighted by Crippen LogP contribution is -2.47. The van der Waals surface area contributed by atoms with Crippen LogP contribution in [0.15, 0.2) is 28.1 Å². The quantitative estimate of drug-likeness (QED) is 0.913. The van der Waals surface area contributed by atoms with Crippen LogP contribution in [0.5, 0.6) is 0 Å². The van der Waals surface area contributed by atoms with Gasteiger partial charge in [0, 0.05) is 50.5 Å². The summed E-state index contributed by atoms with van der Waals surface area (Å²) in [6.45, 7) is 2.49. The lowest BCUT2D eigenvalue weighted by molar-refractivity contribution is 0.417. The zero-order valence-corrected chi connectivity index (χ0v) is 12.8. The predicted molar refractivity (Wildman–Crippen MR) is 83.7 cm³/mol. The number of anilines is 1. The molecule has 21 heavy (non-hydrogen) atoms. The van der Waals surface area contributed by atoms with Crippen LogP contribution in [0.3, 0.4) is 0 Å². The molecule has 0 amide bonds. The van der Waals surface area contributed by atoms with Crippen LogP contribution in [0.4, 0.5) is 5.82 Å². The monoisotopic (exact) mass is 305 g/mol. The third-order valence-corrected chi connectivity index (χ3v) is 4.41. The maximum Gasteiger partial charge on any atom is 0.293 e. The fraction of sp³-hybridized carbons (Fsp3) is 0.500. The second-order valence-electron chi connectivity index (χ2n) is 5.31. The molecule has 1 aliphatic heterocycles. The van der Waals surface area contributed by atoms with Gasteiger partial charge in [0.25, 0.3) is 5.56 Å². The number of aryl methyl sites for hydroxylation is 1. The minimum absolute atomic E-state index is 0.0300. The summed E-state index contributed by atoms with van der Waals surface area (Å²) in [5.41, 5.74) is 2.89. The van der Waals surface area contributed by atoms with E-state index in [4.69, 9.17) is 0 Å². The number of piperidine rings is 1. The third-order valence-electron chi connectivity index (χ3n) is 3.77.